The number of esters is 2. The van der Waals surface area contributed by atoms with Crippen molar-refractivity contribution in [2.24, 2.45) is 0 Å². The first kappa shape index (κ1) is 15.7. The molecule has 0 fully saturated rings. The molecule has 3 rings (SSSR count). The summed E-state index contributed by atoms with van der Waals surface area (Å²) >= 11 is 0. The zero-order valence-corrected chi connectivity index (χ0v) is 13.4. The smallest absolute Gasteiger partial charge is 0.338 e. The Kier molecular flexibility index (Phi) is 4.29. The van der Waals surface area contributed by atoms with Gasteiger partial charge in [-0.15, -0.1) is 0 Å². The second-order valence-corrected chi connectivity index (χ2v) is 5.27. The zero-order valence-electron chi connectivity index (χ0n) is 13.4. The SMILES string of the molecule is COC(=O)c1ccc2c(-c3ccccc3)ccc-2cc1C(=O)OC. The second kappa shape index (κ2) is 6.54. The number of methoxy groups -OCH3 is 2. The summed E-state index contributed by atoms with van der Waals surface area (Å²) in [5, 5.41) is 0. The zero-order chi connectivity index (χ0) is 17.1. The largest absolute Gasteiger partial charge is 0.465 e. The maximum atomic E-state index is 12.1. The van der Waals surface area contributed by atoms with Gasteiger partial charge in [0.15, 0.2) is 0 Å². The minimum absolute atomic E-state index is 0.180. The van der Waals surface area contributed by atoms with Gasteiger partial charge in [0.1, 0.15) is 0 Å². The van der Waals surface area contributed by atoms with Gasteiger partial charge in [0.25, 0.3) is 0 Å². The van der Waals surface area contributed by atoms with Crippen LogP contribution in [0, 0.1) is 0 Å². The molecule has 0 saturated heterocycles. The second-order valence-electron chi connectivity index (χ2n) is 5.27. The van der Waals surface area contributed by atoms with Gasteiger partial charge in [-0.25, -0.2) is 9.59 Å². The van der Waals surface area contributed by atoms with E-state index >= 15 is 0 Å². The van der Waals surface area contributed by atoms with Crippen LogP contribution in [-0.2, 0) is 9.47 Å². The number of benzene rings is 1. The van der Waals surface area contributed by atoms with Gasteiger partial charge in [0.05, 0.1) is 25.3 Å². The van der Waals surface area contributed by atoms with E-state index in [-0.39, 0.29) is 11.1 Å². The summed E-state index contributed by atoms with van der Waals surface area (Å²) in [6.45, 7) is 0. The minimum atomic E-state index is -0.575. The van der Waals surface area contributed by atoms with Crippen molar-refractivity contribution >= 4 is 11.9 Å². The fraction of sp³-hybridized carbons (Fsp3) is 0.100. The van der Waals surface area contributed by atoms with E-state index in [4.69, 9.17) is 9.47 Å². The normalized spacial score (nSPS) is 10.4. The van der Waals surface area contributed by atoms with Crippen molar-refractivity contribution in [1.29, 1.82) is 0 Å². The molecule has 0 aromatic heterocycles. The highest BCUT2D eigenvalue weighted by Gasteiger charge is 2.20. The molecule has 0 heterocycles. The number of carbonyl (C=O) groups is 2. The highest BCUT2D eigenvalue weighted by Crippen LogP contribution is 2.36. The first-order valence-corrected chi connectivity index (χ1v) is 7.44. The molecule has 2 aliphatic carbocycles. The quantitative estimate of drug-likeness (QED) is 0.684. The van der Waals surface area contributed by atoms with Crippen LogP contribution in [0.4, 0.5) is 0 Å². The Bertz CT molecular complexity index is 868. The summed E-state index contributed by atoms with van der Waals surface area (Å²) in [5.74, 6) is -1.15. The summed E-state index contributed by atoms with van der Waals surface area (Å²) in [7, 11) is 2.57. The fourth-order valence-electron chi connectivity index (χ4n) is 2.75. The molecule has 24 heavy (non-hydrogen) atoms. The molecule has 0 saturated carbocycles. The van der Waals surface area contributed by atoms with Gasteiger partial charge < -0.3 is 9.47 Å². The number of ether oxygens (including phenoxy) is 2. The first-order valence-electron chi connectivity index (χ1n) is 7.44. The van der Waals surface area contributed by atoms with Crippen molar-refractivity contribution in [3.8, 4) is 22.3 Å². The number of fused-ring (bicyclic) bond motifs is 1. The molecule has 0 spiro atoms. The van der Waals surface area contributed by atoms with E-state index in [1.807, 2.05) is 48.5 Å². The predicted molar refractivity (Wildman–Crippen MR) is 91.2 cm³/mol. The Balaban J connectivity index is 2.22. The molecule has 4 nitrogen and oxygen atoms in total. The van der Waals surface area contributed by atoms with Gasteiger partial charge in [-0.2, -0.15) is 0 Å². The van der Waals surface area contributed by atoms with E-state index in [9.17, 15) is 9.59 Å². The number of rotatable bonds is 3. The average molecular weight is 320 g/mol. The molecule has 0 unspecified atom stereocenters. The van der Waals surface area contributed by atoms with E-state index in [1.165, 1.54) is 14.2 Å². The third kappa shape index (κ3) is 2.74. The maximum absolute atomic E-state index is 12.1. The first-order chi connectivity index (χ1) is 11.7. The molecule has 0 amide bonds. The lowest BCUT2D eigenvalue weighted by Gasteiger charge is -2.03. The van der Waals surface area contributed by atoms with Gasteiger partial charge in [-0.3, -0.25) is 0 Å². The van der Waals surface area contributed by atoms with Crippen molar-refractivity contribution in [2.75, 3.05) is 14.2 Å². The van der Waals surface area contributed by atoms with Crippen molar-refractivity contribution < 1.29 is 19.1 Å². The highest BCUT2D eigenvalue weighted by molar-refractivity contribution is 6.04. The van der Waals surface area contributed by atoms with Crippen LogP contribution in [-0.4, -0.2) is 26.2 Å². The summed E-state index contributed by atoms with van der Waals surface area (Å²) in [4.78, 5) is 24.1. The van der Waals surface area contributed by atoms with Crippen LogP contribution >= 0.6 is 0 Å². The standard InChI is InChI=1S/C20H16O4/c1-23-19(21)17-11-10-16-14(12-18(17)20(22)24-2)8-9-15(16)13-6-4-3-5-7-13/h3-12H,1-2H3. The van der Waals surface area contributed by atoms with E-state index in [2.05, 4.69) is 0 Å². The van der Waals surface area contributed by atoms with Gasteiger partial charge in [0, 0.05) is 0 Å². The molecule has 0 radical (unpaired) electrons. The number of hydrogen-bond donors (Lipinski definition) is 0. The molecular weight excluding hydrogens is 304 g/mol. The van der Waals surface area contributed by atoms with E-state index in [0.29, 0.717) is 0 Å². The Hall–Kier alpha value is -3.14. The van der Waals surface area contributed by atoms with E-state index in [1.54, 1.807) is 12.1 Å². The fourth-order valence-corrected chi connectivity index (χ4v) is 2.75. The summed E-state index contributed by atoms with van der Waals surface area (Å²) in [5.41, 5.74) is 4.27. The van der Waals surface area contributed by atoms with E-state index < -0.39 is 11.9 Å². The van der Waals surface area contributed by atoms with E-state index in [0.717, 1.165) is 22.3 Å². The van der Waals surface area contributed by atoms with Crippen LogP contribution in [0.1, 0.15) is 20.7 Å². The average Bonchev–Trinajstić information content (AvgIpc) is 2.93. The molecule has 0 atom stereocenters. The Morgan fingerprint density at radius 2 is 1.25 bits per heavy atom. The Morgan fingerprint density at radius 1 is 0.667 bits per heavy atom. The van der Waals surface area contributed by atoms with Crippen LogP contribution in [0.5, 0.6) is 0 Å². The van der Waals surface area contributed by atoms with Crippen LogP contribution in [0.2, 0.25) is 0 Å². The Labute approximate surface area is 140 Å². The van der Waals surface area contributed by atoms with Crippen molar-refractivity contribution in [1.82, 2.24) is 0 Å². The molecule has 120 valence electrons. The number of hydrogen-bond acceptors (Lipinski definition) is 4. The lowest BCUT2D eigenvalue weighted by Crippen LogP contribution is -2.10. The summed E-state index contributed by atoms with van der Waals surface area (Å²) in [6, 6.07) is 19.0. The van der Waals surface area contributed by atoms with Gasteiger partial charge >= 0.3 is 11.9 Å². The molecule has 0 bridgehead atoms. The molecule has 1 aromatic rings. The molecule has 0 N–H and O–H groups in total. The molecular formula is C20H16O4. The van der Waals surface area contributed by atoms with Crippen LogP contribution in [0.3, 0.4) is 0 Å². The maximum Gasteiger partial charge on any atom is 0.338 e. The summed E-state index contributed by atoms with van der Waals surface area (Å²) in [6.07, 6.45) is 0. The van der Waals surface area contributed by atoms with Gasteiger partial charge in [0.2, 0.25) is 0 Å². The van der Waals surface area contributed by atoms with Gasteiger partial charge in [-0.05, 0) is 34.4 Å². The molecule has 1 aromatic carbocycles. The molecule has 2 aliphatic rings. The monoisotopic (exact) mass is 320 g/mol. The molecule has 0 aliphatic heterocycles. The van der Waals surface area contributed by atoms with Crippen molar-refractivity contribution in [3.05, 3.63) is 71.8 Å². The topological polar surface area (TPSA) is 52.6 Å². The minimum Gasteiger partial charge on any atom is -0.465 e. The van der Waals surface area contributed by atoms with Crippen molar-refractivity contribution in [3.63, 3.8) is 0 Å². The Morgan fingerprint density at radius 3 is 1.92 bits per heavy atom. The third-order valence-corrected chi connectivity index (χ3v) is 3.93. The van der Waals surface area contributed by atoms with Crippen LogP contribution < -0.4 is 0 Å². The van der Waals surface area contributed by atoms with Crippen LogP contribution in [0.25, 0.3) is 22.3 Å². The number of carbonyl (C=O) groups excluding carboxylic acids is 2. The van der Waals surface area contributed by atoms with Crippen LogP contribution in [0.15, 0.2) is 60.7 Å². The van der Waals surface area contributed by atoms with Gasteiger partial charge in [-0.1, -0.05) is 48.5 Å². The lowest BCUT2D eigenvalue weighted by atomic mass is 10.0. The summed E-state index contributed by atoms with van der Waals surface area (Å²) < 4.78 is 9.59. The predicted octanol–water partition coefficient (Wildman–Crippen LogP) is 4.03. The highest BCUT2D eigenvalue weighted by atomic mass is 16.5. The molecule has 4 heteroatoms. The van der Waals surface area contributed by atoms with Crippen molar-refractivity contribution in [2.45, 2.75) is 0 Å². The lowest BCUT2D eigenvalue weighted by molar-refractivity contribution is 0.0555. The third-order valence-electron chi connectivity index (χ3n) is 3.93.